The minimum absolute atomic E-state index is 0.179. The van der Waals surface area contributed by atoms with E-state index < -0.39 is 0 Å². The molecule has 1 aromatic rings. The number of aromatic nitrogens is 1. The van der Waals surface area contributed by atoms with Gasteiger partial charge < -0.3 is 5.73 Å². The summed E-state index contributed by atoms with van der Waals surface area (Å²) in [7, 11) is 0. The van der Waals surface area contributed by atoms with Crippen molar-refractivity contribution in [3.05, 3.63) is 15.5 Å². The van der Waals surface area contributed by atoms with Crippen molar-refractivity contribution < 1.29 is 0 Å². The van der Waals surface area contributed by atoms with E-state index >= 15 is 0 Å². The number of halogens is 1. The second-order valence-electron chi connectivity index (χ2n) is 4.59. The summed E-state index contributed by atoms with van der Waals surface area (Å²) in [5.74, 6) is 0. The summed E-state index contributed by atoms with van der Waals surface area (Å²) < 4.78 is 0.747. The van der Waals surface area contributed by atoms with Gasteiger partial charge in [-0.05, 0) is 33.2 Å². The first-order chi connectivity index (χ1) is 7.59. The molecule has 2 N–H and O–H groups in total. The summed E-state index contributed by atoms with van der Waals surface area (Å²) in [6, 6.07) is 0.920. The van der Waals surface area contributed by atoms with E-state index in [4.69, 9.17) is 17.3 Å². The molecule has 0 spiro atoms. The van der Waals surface area contributed by atoms with E-state index in [1.54, 1.807) is 17.5 Å². The molecule has 2 atom stereocenters. The lowest BCUT2D eigenvalue weighted by Gasteiger charge is -2.41. The van der Waals surface area contributed by atoms with Crippen LogP contribution in [0.25, 0.3) is 0 Å². The Hall–Kier alpha value is -0.160. The first kappa shape index (κ1) is 12.3. The van der Waals surface area contributed by atoms with Gasteiger partial charge in [0.1, 0.15) is 9.34 Å². The number of thiazole rings is 1. The third-order valence-electron chi connectivity index (χ3n) is 3.13. The van der Waals surface area contributed by atoms with E-state index in [1.165, 1.54) is 6.42 Å². The fraction of sp³-hybridized carbons (Fsp3) is 0.727. The number of nitrogens with zero attached hydrogens (tertiary/aromatic N) is 2. The number of rotatable bonds is 2. The fourth-order valence-corrected chi connectivity index (χ4v) is 3.49. The monoisotopic (exact) mass is 259 g/mol. The average molecular weight is 260 g/mol. The molecule has 2 heterocycles. The highest BCUT2D eigenvalue weighted by Gasteiger charge is 2.33. The van der Waals surface area contributed by atoms with Crippen LogP contribution in [0.5, 0.6) is 0 Å². The molecule has 2 unspecified atom stereocenters. The number of hydrogen-bond acceptors (Lipinski definition) is 4. The Morgan fingerprint density at radius 2 is 2.38 bits per heavy atom. The molecule has 1 aliphatic rings. The van der Waals surface area contributed by atoms with Crippen LogP contribution in [0, 0.1) is 0 Å². The normalized spacial score (nSPS) is 27.6. The average Bonchev–Trinajstić information content (AvgIpc) is 2.64. The van der Waals surface area contributed by atoms with Crippen LogP contribution in [-0.4, -0.2) is 28.5 Å². The zero-order chi connectivity index (χ0) is 11.7. The summed E-state index contributed by atoms with van der Waals surface area (Å²) in [6.45, 7) is 5.52. The second-order valence-corrected chi connectivity index (χ2v) is 6.28. The molecule has 2 rings (SSSR count). The van der Waals surface area contributed by atoms with Gasteiger partial charge in [-0.3, -0.25) is 4.90 Å². The van der Waals surface area contributed by atoms with Gasteiger partial charge in [0.05, 0.1) is 12.2 Å². The highest BCUT2D eigenvalue weighted by molar-refractivity contribution is 7.15. The van der Waals surface area contributed by atoms with Crippen LogP contribution in [-0.2, 0) is 0 Å². The molecular weight excluding hydrogens is 242 g/mol. The molecule has 0 aromatic carbocycles. The summed E-state index contributed by atoms with van der Waals surface area (Å²) in [5.41, 5.74) is 6.23. The molecule has 5 heteroatoms. The third kappa shape index (κ3) is 2.40. The number of piperidine rings is 1. The molecule has 1 aromatic heterocycles. The number of hydrogen-bond donors (Lipinski definition) is 1. The van der Waals surface area contributed by atoms with Crippen LogP contribution >= 0.6 is 22.9 Å². The van der Waals surface area contributed by atoms with Crippen LogP contribution in [0.1, 0.15) is 37.7 Å². The van der Waals surface area contributed by atoms with Gasteiger partial charge in [0.15, 0.2) is 0 Å². The molecule has 3 nitrogen and oxygen atoms in total. The summed E-state index contributed by atoms with van der Waals surface area (Å²) in [5, 5.41) is 1.06. The van der Waals surface area contributed by atoms with Crippen molar-refractivity contribution in [2.45, 2.75) is 44.8 Å². The Morgan fingerprint density at radius 3 is 2.94 bits per heavy atom. The molecule has 16 heavy (non-hydrogen) atoms. The van der Waals surface area contributed by atoms with Gasteiger partial charge in [-0.25, -0.2) is 4.98 Å². The van der Waals surface area contributed by atoms with Crippen molar-refractivity contribution in [2.24, 2.45) is 5.73 Å². The topological polar surface area (TPSA) is 42.1 Å². The molecule has 1 saturated heterocycles. The minimum atomic E-state index is 0.179. The zero-order valence-corrected chi connectivity index (χ0v) is 11.3. The van der Waals surface area contributed by atoms with Gasteiger partial charge in [-0.1, -0.05) is 11.6 Å². The van der Waals surface area contributed by atoms with Crippen LogP contribution < -0.4 is 5.73 Å². The highest BCUT2D eigenvalue weighted by Crippen LogP contribution is 2.35. The third-order valence-corrected chi connectivity index (χ3v) is 4.31. The first-order valence-corrected chi connectivity index (χ1v) is 6.91. The van der Waals surface area contributed by atoms with Gasteiger partial charge in [0.2, 0.25) is 0 Å². The van der Waals surface area contributed by atoms with Gasteiger partial charge in [0, 0.05) is 12.1 Å². The molecule has 0 saturated carbocycles. The van der Waals surface area contributed by atoms with E-state index in [9.17, 15) is 0 Å². The molecule has 1 aliphatic heterocycles. The van der Waals surface area contributed by atoms with Gasteiger partial charge in [-0.15, -0.1) is 11.3 Å². The van der Waals surface area contributed by atoms with Gasteiger partial charge in [-0.2, -0.15) is 0 Å². The van der Waals surface area contributed by atoms with Crippen molar-refractivity contribution in [3.63, 3.8) is 0 Å². The Morgan fingerprint density at radius 1 is 1.62 bits per heavy atom. The summed E-state index contributed by atoms with van der Waals surface area (Å²) in [4.78, 5) is 6.82. The van der Waals surface area contributed by atoms with E-state index in [0.29, 0.717) is 6.04 Å². The largest absolute Gasteiger partial charge is 0.326 e. The van der Waals surface area contributed by atoms with E-state index in [1.807, 2.05) is 0 Å². The van der Waals surface area contributed by atoms with E-state index in [0.717, 1.165) is 22.3 Å². The predicted octanol–water partition coefficient (Wildman–Crippen LogP) is 2.67. The molecular formula is C11H18ClN3S. The second kappa shape index (κ2) is 5.00. The number of nitrogens with two attached hydrogens (primary N) is 1. The predicted molar refractivity (Wildman–Crippen MR) is 68.9 cm³/mol. The quantitative estimate of drug-likeness (QED) is 0.888. The van der Waals surface area contributed by atoms with E-state index in [-0.39, 0.29) is 12.1 Å². The van der Waals surface area contributed by atoms with Crippen molar-refractivity contribution in [2.75, 3.05) is 6.54 Å². The van der Waals surface area contributed by atoms with E-state index in [2.05, 4.69) is 23.7 Å². The maximum absolute atomic E-state index is 6.23. The van der Waals surface area contributed by atoms with Crippen LogP contribution in [0.3, 0.4) is 0 Å². The Balaban J connectivity index is 2.26. The van der Waals surface area contributed by atoms with Crippen LogP contribution in [0.15, 0.2) is 6.20 Å². The van der Waals surface area contributed by atoms with Gasteiger partial charge in [0.25, 0.3) is 0 Å². The molecule has 0 aliphatic carbocycles. The summed E-state index contributed by atoms with van der Waals surface area (Å²) >= 11 is 7.50. The fourth-order valence-electron chi connectivity index (χ4n) is 2.36. The van der Waals surface area contributed by atoms with Crippen molar-refractivity contribution in [3.8, 4) is 0 Å². The Kier molecular flexibility index (Phi) is 3.85. The smallest absolute Gasteiger partial charge is 0.113 e. The molecule has 1 fully saturated rings. The maximum Gasteiger partial charge on any atom is 0.113 e. The standard InChI is InChI=1S/C11H18ClN3S/c1-7(2)15-5-3-4-8(13)10(15)11-14-6-9(12)16-11/h6-8,10H,3-5,13H2,1-2H3. The maximum atomic E-state index is 6.23. The summed E-state index contributed by atoms with van der Waals surface area (Å²) in [6.07, 6.45) is 3.97. The van der Waals surface area contributed by atoms with Crippen LogP contribution in [0.4, 0.5) is 0 Å². The molecule has 0 radical (unpaired) electrons. The van der Waals surface area contributed by atoms with Crippen molar-refractivity contribution in [1.29, 1.82) is 0 Å². The Bertz CT molecular complexity index is 353. The Labute approximate surface area is 106 Å². The first-order valence-electron chi connectivity index (χ1n) is 5.72. The highest BCUT2D eigenvalue weighted by atomic mass is 35.5. The van der Waals surface area contributed by atoms with Gasteiger partial charge >= 0.3 is 0 Å². The molecule has 0 amide bonds. The molecule has 0 bridgehead atoms. The van der Waals surface area contributed by atoms with Crippen molar-refractivity contribution in [1.82, 2.24) is 9.88 Å². The lowest BCUT2D eigenvalue weighted by molar-refractivity contribution is 0.0945. The molecule has 90 valence electrons. The SMILES string of the molecule is CC(C)N1CCCC(N)C1c1ncc(Cl)s1. The van der Waals surface area contributed by atoms with Crippen molar-refractivity contribution >= 4 is 22.9 Å². The lowest BCUT2D eigenvalue weighted by Crippen LogP contribution is -2.48. The minimum Gasteiger partial charge on any atom is -0.326 e. The lowest BCUT2D eigenvalue weighted by atomic mass is 9.96. The number of likely N-dealkylation sites (tertiary alicyclic amines) is 1. The van der Waals surface area contributed by atoms with Crippen LogP contribution in [0.2, 0.25) is 4.34 Å². The zero-order valence-electron chi connectivity index (χ0n) is 9.69.